The molecule has 1 aromatic carbocycles. The number of carbonyl (C=O) groups excluding carboxylic acids is 1. The molecule has 4 heteroatoms. The molecule has 0 aromatic heterocycles. The van der Waals surface area contributed by atoms with E-state index in [0.717, 1.165) is 11.3 Å². The Morgan fingerprint density at radius 2 is 1.89 bits per heavy atom. The third kappa shape index (κ3) is 4.13. The molecule has 18 heavy (non-hydrogen) atoms. The largest absolute Gasteiger partial charge is 0.394 e. The van der Waals surface area contributed by atoms with E-state index in [4.69, 9.17) is 0 Å². The highest BCUT2D eigenvalue weighted by molar-refractivity contribution is 5.92. The average Bonchev–Trinajstić information content (AvgIpc) is 2.32. The Bertz CT molecular complexity index is 399. The number of aliphatic hydroxyl groups is 1. The number of aliphatic hydroxyl groups excluding tert-OH is 1. The number of aryl methyl sites for hydroxylation is 1. The number of hydrogen-bond donors (Lipinski definition) is 2. The van der Waals surface area contributed by atoms with Crippen molar-refractivity contribution in [2.75, 3.05) is 25.5 Å². The zero-order valence-corrected chi connectivity index (χ0v) is 11.5. The fourth-order valence-corrected chi connectivity index (χ4v) is 1.39. The quantitative estimate of drug-likeness (QED) is 0.835. The molecular weight excluding hydrogens is 228 g/mol. The van der Waals surface area contributed by atoms with Crippen LogP contribution >= 0.6 is 0 Å². The molecule has 0 heterocycles. The van der Waals surface area contributed by atoms with Gasteiger partial charge < -0.3 is 10.4 Å². The molecule has 0 saturated carbocycles. The van der Waals surface area contributed by atoms with Crippen molar-refractivity contribution < 1.29 is 9.90 Å². The highest BCUT2D eigenvalue weighted by atomic mass is 16.3. The van der Waals surface area contributed by atoms with Crippen LogP contribution < -0.4 is 5.32 Å². The summed E-state index contributed by atoms with van der Waals surface area (Å²) in [6.45, 7) is 6.06. The molecular formula is C14H22N2O2. The minimum atomic E-state index is -0.398. The smallest absolute Gasteiger partial charge is 0.238 e. The first-order chi connectivity index (χ1) is 8.35. The Morgan fingerprint density at radius 3 is 2.39 bits per heavy atom. The topological polar surface area (TPSA) is 52.6 Å². The summed E-state index contributed by atoms with van der Waals surface area (Å²) in [6.07, 6.45) is 0. The van der Waals surface area contributed by atoms with E-state index in [9.17, 15) is 9.90 Å². The lowest BCUT2D eigenvalue weighted by atomic mass is 10.1. The van der Waals surface area contributed by atoms with Crippen molar-refractivity contribution in [1.82, 2.24) is 4.90 Å². The number of nitrogens with one attached hydrogen (secondary N) is 1. The van der Waals surface area contributed by atoms with Crippen LogP contribution in [0.5, 0.6) is 0 Å². The minimum absolute atomic E-state index is 0.0152. The molecule has 0 bridgehead atoms. The third-order valence-electron chi connectivity index (χ3n) is 3.14. The first kappa shape index (κ1) is 14.7. The summed E-state index contributed by atoms with van der Waals surface area (Å²) in [5, 5.41) is 12.1. The Hall–Kier alpha value is -1.39. The van der Waals surface area contributed by atoms with Gasteiger partial charge in [0.05, 0.1) is 13.2 Å². The molecule has 0 aliphatic rings. The second-order valence-corrected chi connectivity index (χ2v) is 5.24. The van der Waals surface area contributed by atoms with Crippen molar-refractivity contribution in [3.63, 3.8) is 0 Å². The number of carbonyl (C=O) groups is 1. The van der Waals surface area contributed by atoms with E-state index in [-0.39, 0.29) is 19.1 Å². The molecule has 0 aliphatic heterocycles. The second-order valence-electron chi connectivity index (χ2n) is 5.24. The predicted octanol–water partition coefficient (Wildman–Crippen LogP) is 1.64. The highest BCUT2D eigenvalue weighted by Crippen LogP contribution is 2.12. The monoisotopic (exact) mass is 250 g/mol. The molecule has 0 saturated heterocycles. The molecule has 0 atom stereocenters. The van der Waals surface area contributed by atoms with Gasteiger partial charge in [0.2, 0.25) is 5.91 Å². The lowest BCUT2D eigenvalue weighted by Gasteiger charge is -2.33. The summed E-state index contributed by atoms with van der Waals surface area (Å²) < 4.78 is 0. The average molecular weight is 250 g/mol. The van der Waals surface area contributed by atoms with Crippen LogP contribution in [0.25, 0.3) is 0 Å². The van der Waals surface area contributed by atoms with Gasteiger partial charge in [-0.3, -0.25) is 9.69 Å². The predicted molar refractivity (Wildman–Crippen MR) is 73.6 cm³/mol. The summed E-state index contributed by atoms with van der Waals surface area (Å²) in [7, 11) is 1.82. The van der Waals surface area contributed by atoms with E-state index in [0.29, 0.717) is 0 Å². The van der Waals surface area contributed by atoms with E-state index in [2.05, 4.69) is 5.32 Å². The number of anilines is 1. The SMILES string of the molecule is Cc1ccc(NC(=O)CN(C)C(C)(C)CO)cc1. The molecule has 1 amide bonds. The first-order valence-electron chi connectivity index (χ1n) is 6.04. The molecule has 0 unspecified atom stereocenters. The highest BCUT2D eigenvalue weighted by Gasteiger charge is 2.24. The van der Waals surface area contributed by atoms with Gasteiger partial charge in [-0.1, -0.05) is 17.7 Å². The lowest BCUT2D eigenvalue weighted by Crippen LogP contribution is -2.47. The fraction of sp³-hybridized carbons (Fsp3) is 0.500. The van der Waals surface area contributed by atoms with Gasteiger partial charge in [-0.25, -0.2) is 0 Å². The van der Waals surface area contributed by atoms with Crippen molar-refractivity contribution in [3.05, 3.63) is 29.8 Å². The lowest BCUT2D eigenvalue weighted by molar-refractivity contribution is -0.118. The maximum Gasteiger partial charge on any atom is 0.238 e. The second kappa shape index (κ2) is 5.98. The maximum atomic E-state index is 11.8. The summed E-state index contributed by atoms with van der Waals surface area (Å²) in [4.78, 5) is 13.7. The number of likely N-dealkylation sites (N-methyl/N-ethyl adjacent to an activating group) is 1. The van der Waals surface area contributed by atoms with Crippen molar-refractivity contribution in [3.8, 4) is 0 Å². The van der Waals surface area contributed by atoms with E-state index in [1.807, 2.05) is 57.0 Å². The van der Waals surface area contributed by atoms with Gasteiger partial charge in [0.25, 0.3) is 0 Å². The van der Waals surface area contributed by atoms with Gasteiger partial charge >= 0.3 is 0 Å². The van der Waals surface area contributed by atoms with E-state index in [1.165, 1.54) is 0 Å². The van der Waals surface area contributed by atoms with Crippen molar-refractivity contribution in [2.45, 2.75) is 26.3 Å². The van der Waals surface area contributed by atoms with Crippen molar-refractivity contribution >= 4 is 11.6 Å². The molecule has 0 radical (unpaired) electrons. The van der Waals surface area contributed by atoms with Crippen LogP contribution in [-0.2, 0) is 4.79 Å². The van der Waals surface area contributed by atoms with Crippen molar-refractivity contribution in [2.24, 2.45) is 0 Å². The Kier molecular flexibility index (Phi) is 4.87. The van der Waals surface area contributed by atoms with Crippen LogP contribution in [0.1, 0.15) is 19.4 Å². The van der Waals surface area contributed by atoms with Gasteiger partial charge in [0.1, 0.15) is 0 Å². The standard InChI is InChI=1S/C14H22N2O2/c1-11-5-7-12(8-6-11)15-13(18)9-16(4)14(2,3)10-17/h5-8,17H,9-10H2,1-4H3,(H,15,18). The van der Waals surface area contributed by atoms with Gasteiger partial charge in [-0.15, -0.1) is 0 Å². The van der Waals surface area contributed by atoms with E-state index in [1.54, 1.807) is 0 Å². The van der Waals surface area contributed by atoms with Gasteiger partial charge in [-0.05, 0) is 40.0 Å². The molecule has 0 aliphatic carbocycles. The number of nitrogens with zero attached hydrogens (tertiary/aromatic N) is 1. The van der Waals surface area contributed by atoms with Crippen molar-refractivity contribution in [1.29, 1.82) is 0 Å². The van der Waals surface area contributed by atoms with Crippen LogP contribution in [0.4, 0.5) is 5.69 Å². The molecule has 100 valence electrons. The normalized spacial score (nSPS) is 11.7. The summed E-state index contributed by atoms with van der Waals surface area (Å²) in [5.74, 6) is -0.0807. The first-order valence-corrected chi connectivity index (χ1v) is 6.04. The van der Waals surface area contributed by atoms with Gasteiger partial charge in [0, 0.05) is 11.2 Å². The number of rotatable bonds is 5. The zero-order chi connectivity index (χ0) is 13.8. The Labute approximate surface area is 109 Å². The van der Waals surface area contributed by atoms with Crippen LogP contribution in [0.15, 0.2) is 24.3 Å². The Balaban J connectivity index is 2.54. The molecule has 2 N–H and O–H groups in total. The fourth-order valence-electron chi connectivity index (χ4n) is 1.39. The number of amides is 1. The van der Waals surface area contributed by atoms with E-state index < -0.39 is 5.54 Å². The van der Waals surface area contributed by atoms with Crippen LogP contribution in [0.3, 0.4) is 0 Å². The van der Waals surface area contributed by atoms with E-state index >= 15 is 0 Å². The number of hydrogen-bond acceptors (Lipinski definition) is 3. The van der Waals surface area contributed by atoms with Crippen LogP contribution in [-0.4, -0.2) is 41.7 Å². The summed E-state index contributed by atoms with van der Waals surface area (Å²) in [6, 6.07) is 7.67. The molecule has 1 aromatic rings. The zero-order valence-electron chi connectivity index (χ0n) is 11.5. The molecule has 0 spiro atoms. The summed E-state index contributed by atoms with van der Waals surface area (Å²) in [5.41, 5.74) is 1.55. The Morgan fingerprint density at radius 1 is 1.33 bits per heavy atom. The van der Waals surface area contributed by atoms with Crippen LogP contribution in [0.2, 0.25) is 0 Å². The summed E-state index contributed by atoms with van der Waals surface area (Å²) >= 11 is 0. The molecule has 4 nitrogen and oxygen atoms in total. The third-order valence-corrected chi connectivity index (χ3v) is 3.14. The molecule has 0 fully saturated rings. The maximum absolute atomic E-state index is 11.8. The van der Waals surface area contributed by atoms with Crippen LogP contribution in [0, 0.1) is 6.92 Å². The number of benzene rings is 1. The van der Waals surface area contributed by atoms with Gasteiger partial charge in [-0.2, -0.15) is 0 Å². The van der Waals surface area contributed by atoms with Gasteiger partial charge in [0.15, 0.2) is 0 Å². The molecule has 1 rings (SSSR count). The minimum Gasteiger partial charge on any atom is -0.394 e.